The van der Waals surface area contributed by atoms with Crippen molar-refractivity contribution in [2.75, 3.05) is 14.2 Å². The molecule has 1 unspecified atom stereocenters. The van der Waals surface area contributed by atoms with E-state index in [1.807, 2.05) is 48.1 Å². The molecule has 0 amide bonds. The molecule has 0 spiro atoms. The largest absolute Gasteiger partial charge is 0.493 e. The van der Waals surface area contributed by atoms with Crippen LogP contribution in [0.5, 0.6) is 11.5 Å². The van der Waals surface area contributed by atoms with Crippen molar-refractivity contribution in [3.63, 3.8) is 0 Å². The molecule has 2 N–H and O–H groups in total. The molecule has 1 aromatic heterocycles. The molecule has 0 saturated carbocycles. The number of methoxy groups -OCH3 is 2. The fraction of sp³-hybridized carbons (Fsp3) is 0.286. The first-order valence-electron chi connectivity index (χ1n) is 5.76. The minimum Gasteiger partial charge on any atom is -0.493 e. The molecular formula is C14H18N2O2. The topological polar surface area (TPSA) is 49.4 Å². The van der Waals surface area contributed by atoms with Gasteiger partial charge in [0, 0.05) is 18.9 Å². The highest BCUT2D eigenvalue weighted by molar-refractivity contribution is 5.45. The van der Waals surface area contributed by atoms with Crippen LogP contribution in [0.2, 0.25) is 0 Å². The molecule has 0 aliphatic carbocycles. The van der Waals surface area contributed by atoms with Crippen LogP contribution in [0.4, 0.5) is 0 Å². The number of nitrogens with two attached hydrogens (primary N) is 1. The van der Waals surface area contributed by atoms with Crippen LogP contribution < -0.4 is 15.2 Å². The monoisotopic (exact) mass is 246 g/mol. The standard InChI is InChI=1S/C14H18N2O2/c1-16-8-4-5-11(16)14(15)10-6-7-12(17-2)13(9-10)18-3/h4-9,14H,15H2,1-3H3. The van der Waals surface area contributed by atoms with Crippen LogP contribution in [-0.2, 0) is 7.05 Å². The SMILES string of the molecule is COc1ccc(C(N)c2cccn2C)cc1OC. The van der Waals surface area contributed by atoms with Crippen molar-refractivity contribution in [3.8, 4) is 11.5 Å². The Balaban J connectivity index is 2.37. The minimum absolute atomic E-state index is 0.176. The summed E-state index contributed by atoms with van der Waals surface area (Å²) in [6, 6.07) is 9.56. The van der Waals surface area contributed by atoms with Gasteiger partial charge in [0.25, 0.3) is 0 Å². The molecule has 0 bridgehead atoms. The summed E-state index contributed by atoms with van der Waals surface area (Å²) in [4.78, 5) is 0. The molecule has 0 aliphatic rings. The zero-order valence-electron chi connectivity index (χ0n) is 10.9. The van der Waals surface area contributed by atoms with Crippen LogP contribution in [-0.4, -0.2) is 18.8 Å². The average Bonchev–Trinajstić information content (AvgIpc) is 2.83. The maximum Gasteiger partial charge on any atom is 0.161 e. The van der Waals surface area contributed by atoms with E-state index in [1.54, 1.807) is 14.2 Å². The highest BCUT2D eigenvalue weighted by atomic mass is 16.5. The lowest BCUT2D eigenvalue weighted by Crippen LogP contribution is -2.15. The predicted molar refractivity (Wildman–Crippen MR) is 71.0 cm³/mol. The van der Waals surface area contributed by atoms with Crippen LogP contribution in [0.15, 0.2) is 36.5 Å². The summed E-state index contributed by atoms with van der Waals surface area (Å²) >= 11 is 0. The Morgan fingerprint density at radius 1 is 1.11 bits per heavy atom. The lowest BCUT2D eigenvalue weighted by atomic mass is 10.0. The molecule has 2 aromatic rings. The lowest BCUT2D eigenvalue weighted by Gasteiger charge is -2.16. The third-order valence-electron chi connectivity index (χ3n) is 3.07. The van der Waals surface area contributed by atoms with Gasteiger partial charge in [-0.1, -0.05) is 6.07 Å². The molecule has 1 atom stereocenters. The van der Waals surface area contributed by atoms with Gasteiger partial charge < -0.3 is 19.8 Å². The van der Waals surface area contributed by atoms with Gasteiger partial charge in [-0.15, -0.1) is 0 Å². The van der Waals surface area contributed by atoms with Gasteiger partial charge >= 0.3 is 0 Å². The first-order chi connectivity index (χ1) is 8.67. The number of benzene rings is 1. The second kappa shape index (κ2) is 5.14. The van der Waals surface area contributed by atoms with Crippen molar-refractivity contribution < 1.29 is 9.47 Å². The summed E-state index contributed by atoms with van der Waals surface area (Å²) in [6.07, 6.45) is 1.98. The number of aryl methyl sites for hydroxylation is 1. The van der Waals surface area contributed by atoms with Crippen molar-refractivity contribution in [1.82, 2.24) is 4.57 Å². The van der Waals surface area contributed by atoms with Crippen molar-refractivity contribution >= 4 is 0 Å². The smallest absolute Gasteiger partial charge is 0.161 e. The van der Waals surface area contributed by atoms with E-state index in [1.165, 1.54) is 0 Å². The summed E-state index contributed by atoms with van der Waals surface area (Å²) in [5.41, 5.74) is 8.31. The number of aromatic nitrogens is 1. The average molecular weight is 246 g/mol. The van der Waals surface area contributed by atoms with Gasteiger partial charge in [-0.05, 0) is 29.8 Å². The molecular weight excluding hydrogens is 228 g/mol. The molecule has 1 aromatic carbocycles. The van der Waals surface area contributed by atoms with Crippen molar-refractivity contribution in [2.45, 2.75) is 6.04 Å². The Bertz CT molecular complexity index is 534. The number of rotatable bonds is 4. The van der Waals surface area contributed by atoms with Crippen LogP contribution in [0, 0.1) is 0 Å². The summed E-state index contributed by atoms with van der Waals surface area (Å²) in [5, 5.41) is 0. The fourth-order valence-corrected chi connectivity index (χ4v) is 2.01. The second-order valence-electron chi connectivity index (χ2n) is 4.14. The summed E-state index contributed by atoms with van der Waals surface area (Å²) in [6.45, 7) is 0. The van der Waals surface area contributed by atoms with Gasteiger partial charge in [0.1, 0.15) is 0 Å². The van der Waals surface area contributed by atoms with Crippen molar-refractivity contribution in [2.24, 2.45) is 12.8 Å². The molecule has 0 fully saturated rings. The Kier molecular flexibility index (Phi) is 3.58. The molecule has 4 nitrogen and oxygen atoms in total. The summed E-state index contributed by atoms with van der Waals surface area (Å²) in [5.74, 6) is 1.40. The third kappa shape index (κ3) is 2.19. The highest BCUT2D eigenvalue weighted by Gasteiger charge is 2.14. The van der Waals surface area contributed by atoms with E-state index in [2.05, 4.69) is 0 Å². The number of hydrogen-bond donors (Lipinski definition) is 1. The Hall–Kier alpha value is -1.94. The van der Waals surface area contributed by atoms with Crippen LogP contribution in [0.25, 0.3) is 0 Å². The zero-order chi connectivity index (χ0) is 13.1. The van der Waals surface area contributed by atoms with Gasteiger partial charge in [-0.25, -0.2) is 0 Å². The number of nitrogens with zero attached hydrogens (tertiary/aromatic N) is 1. The molecule has 4 heteroatoms. The Morgan fingerprint density at radius 3 is 2.39 bits per heavy atom. The van der Waals surface area contributed by atoms with Crippen molar-refractivity contribution in [3.05, 3.63) is 47.8 Å². The quantitative estimate of drug-likeness (QED) is 0.898. The highest BCUT2D eigenvalue weighted by Crippen LogP contribution is 2.31. The van der Waals surface area contributed by atoms with E-state index in [-0.39, 0.29) is 6.04 Å². The summed E-state index contributed by atoms with van der Waals surface area (Å²) < 4.78 is 12.5. The maximum absolute atomic E-state index is 6.26. The van der Waals surface area contributed by atoms with E-state index < -0.39 is 0 Å². The predicted octanol–water partition coefficient (Wildman–Crippen LogP) is 2.09. The molecule has 18 heavy (non-hydrogen) atoms. The Morgan fingerprint density at radius 2 is 1.83 bits per heavy atom. The summed E-state index contributed by atoms with van der Waals surface area (Å²) in [7, 11) is 5.22. The number of ether oxygens (including phenoxy) is 2. The molecule has 0 aliphatic heterocycles. The van der Waals surface area contributed by atoms with E-state index in [9.17, 15) is 0 Å². The van der Waals surface area contributed by atoms with Gasteiger partial charge in [0.15, 0.2) is 11.5 Å². The van der Waals surface area contributed by atoms with Gasteiger partial charge in [-0.2, -0.15) is 0 Å². The van der Waals surface area contributed by atoms with Gasteiger partial charge in [-0.3, -0.25) is 0 Å². The van der Waals surface area contributed by atoms with E-state index in [4.69, 9.17) is 15.2 Å². The first-order valence-corrected chi connectivity index (χ1v) is 5.76. The fourth-order valence-electron chi connectivity index (χ4n) is 2.01. The van der Waals surface area contributed by atoms with E-state index >= 15 is 0 Å². The normalized spacial score (nSPS) is 12.2. The van der Waals surface area contributed by atoms with Gasteiger partial charge in [0.05, 0.1) is 20.3 Å². The van der Waals surface area contributed by atoms with Crippen LogP contribution in [0.3, 0.4) is 0 Å². The molecule has 0 saturated heterocycles. The third-order valence-corrected chi connectivity index (χ3v) is 3.07. The van der Waals surface area contributed by atoms with E-state index in [0.29, 0.717) is 11.5 Å². The lowest BCUT2D eigenvalue weighted by molar-refractivity contribution is 0.354. The molecule has 1 heterocycles. The minimum atomic E-state index is -0.176. The van der Waals surface area contributed by atoms with Crippen LogP contribution >= 0.6 is 0 Å². The Labute approximate surface area is 107 Å². The van der Waals surface area contributed by atoms with Gasteiger partial charge in [0.2, 0.25) is 0 Å². The number of hydrogen-bond acceptors (Lipinski definition) is 3. The molecule has 2 rings (SSSR count). The maximum atomic E-state index is 6.26. The van der Waals surface area contributed by atoms with E-state index in [0.717, 1.165) is 11.3 Å². The van der Waals surface area contributed by atoms with Crippen LogP contribution in [0.1, 0.15) is 17.3 Å². The van der Waals surface area contributed by atoms with Crippen molar-refractivity contribution in [1.29, 1.82) is 0 Å². The second-order valence-corrected chi connectivity index (χ2v) is 4.14. The first kappa shape index (κ1) is 12.5. The molecule has 96 valence electrons. The zero-order valence-corrected chi connectivity index (χ0v) is 10.9. The molecule has 0 radical (unpaired) electrons.